The Morgan fingerprint density at radius 2 is 1.81 bits per heavy atom. The predicted molar refractivity (Wildman–Crippen MR) is 79.4 cm³/mol. The number of nitrogens with two attached hydrogens (primary N) is 1. The molecule has 0 heterocycles. The zero-order chi connectivity index (χ0) is 15.2. The molecule has 5 heteroatoms. The standard InChI is InChI=1S/C16H16N2O3/c1-19-13-5-12(9-17)6-14(8-13)21-10-11-3-4-16(20-2)15(18)7-11/h3-8H,10,18H2,1-2H3. The van der Waals surface area contributed by atoms with Crippen LogP contribution in [0.2, 0.25) is 0 Å². The highest BCUT2D eigenvalue weighted by Gasteiger charge is 2.04. The number of methoxy groups -OCH3 is 2. The monoisotopic (exact) mass is 284 g/mol. The Kier molecular flexibility index (Phi) is 4.52. The van der Waals surface area contributed by atoms with E-state index >= 15 is 0 Å². The maximum absolute atomic E-state index is 8.97. The Balaban J connectivity index is 2.13. The van der Waals surface area contributed by atoms with Gasteiger partial charge in [0.05, 0.1) is 31.5 Å². The third-order valence-electron chi connectivity index (χ3n) is 2.94. The average Bonchev–Trinajstić information content (AvgIpc) is 2.52. The highest BCUT2D eigenvalue weighted by Crippen LogP contribution is 2.25. The molecule has 2 aromatic rings. The molecule has 5 nitrogen and oxygen atoms in total. The van der Waals surface area contributed by atoms with Gasteiger partial charge in [0.1, 0.15) is 23.9 Å². The number of rotatable bonds is 5. The summed E-state index contributed by atoms with van der Waals surface area (Å²) in [5.41, 5.74) is 7.80. The van der Waals surface area contributed by atoms with E-state index in [0.29, 0.717) is 35.1 Å². The maximum Gasteiger partial charge on any atom is 0.141 e. The first-order valence-corrected chi connectivity index (χ1v) is 6.30. The highest BCUT2D eigenvalue weighted by atomic mass is 16.5. The summed E-state index contributed by atoms with van der Waals surface area (Å²) in [5, 5.41) is 8.97. The van der Waals surface area contributed by atoms with Crippen molar-refractivity contribution in [1.29, 1.82) is 5.26 Å². The second-order valence-electron chi connectivity index (χ2n) is 4.37. The largest absolute Gasteiger partial charge is 0.497 e. The lowest BCUT2D eigenvalue weighted by Gasteiger charge is -2.10. The summed E-state index contributed by atoms with van der Waals surface area (Å²) in [7, 11) is 3.12. The van der Waals surface area contributed by atoms with Gasteiger partial charge in [0, 0.05) is 6.07 Å². The number of nitrogens with zero attached hydrogens (tertiary/aromatic N) is 1. The number of ether oxygens (including phenoxy) is 3. The molecule has 0 radical (unpaired) electrons. The molecule has 0 aliphatic heterocycles. The Labute approximate surface area is 123 Å². The van der Waals surface area contributed by atoms with E-state index < -0.39 is 0 Å². The summed E-state index contributed by atoms with van der Waals surface area (Å²) in [4.78, 5) is 0. The van der Waals surface area contributed by atoms with E-state index in [4.69, 9.17) is 25.2 Å². The molecule has 0 atom stereocenters. The number of hydrogen-bond acceptors (Lipinski definition) is 5. The molecule has 2 N–H and O–H groups in total. The second kappa shape index (κ2) is 6.53. The van der Waals surface area contributed by atoms with E-state index in [1.165, 1.54) is 0 Å². The Hall–Kier alpha value is -2.87. The van der Waals surface area contributed by atoms with Crippen LogP contribution in [0.4, 0.5) is 5.69 Å². The van der Waals surface area contributed by atoms with Gasteiger partial charge in [-0.3, -0.25) is 0 Å². The van der Waals surface area contributed by atoms with Gasteiger partial charge in [-0.1, -0.05) is 6.07 Å². The van der Waals surface area contributed by atoms with Crippen LogP contribution < -0.4 is 19.9 Å². The summed E-state index contributed by atoms with van der Waals surface area (Å²) >= 11 is 0. The van der Waals surface area contributed by atoms with Gasteiger partial charge < -0.3 is 19.9 Å². The van der Waals surface area contributed by atoms with Crippen molar-refractivity contribution in [2.24, 2.45) is 0 Å². The summed E-state index contributed by atoms with van der Waals surface area (Å²) in [6.07, 6.45) is 0. The maximum atomic E-state index is 8.97. The molecule has 0 spiro atoms. The van der Waals surface area contributed by atoms with Crippen LogP contribution in [0.15, 0.2) is 36.4 Å². The normalized spacial score (nSPS) is 9.76. The van der Waals surface area contributed by atoms with E-state index in [1.807, 2.05) is 6.07 Å². The Bertz CT molecular complexity index is 678. The number of anilines is 1. The lowest BCUT2D eigenvalue weighted by Crippen LogP contribution is -1.99. The fraction of sp³-hybridized carbons (Fsp3) is 0.188. The van der Waals surface area contributed by atoms with Crippen LogP contribution in [0.1, 0.15) is 11.1 Å². The van der Waals surface area contributed by atoms with Crippen LogP contribution >= 0.6 is 0 Å². The number of nitrogen functional groups attached to an aromatic ring is 1. The summed E-state index contributed by atoms with van der Waals surface area (Å²) in [6.45, 7) is 0.340. The van der Waals surface area contributed by atoms with E-state index in [-0.39, 0.29) is 0 Å². The van der Waals surface area contributed by atoms with Crippen molar-refractivity contribution in [3.8, 4) is 23.3 Å². The molecular weight excluding hydrogens is 268 g/mol. The fourth-order valence-corrected chi connectivity index (χ4v) is 1.88. The average molecular weight is 284 g/mol. The summed E-state index contributed by atoms with van der Waals surface area (Å²) in [6, 6.07) is 12.6. The zero-order valence-corrected chi connectivity index (χ0v) is 11.9. The third-order valence-corrected chi connectivity index (χ3v) is 2.94. The molecule has 0 aromatic heterocycles. The van der Waals surface area contributed by atoms with Crippen LogP contribution in [-0.4, -0.2) is 14.2 Å². The van der Waals surface area contributed by atoms with E-state index in [9.17, 15) is 0 Å². The minimum atomic E-state index is 0.340. The van der Waals surface area contributed by atoms with Gasteiger partial charge in [-0.15, -0.1) is 0 Å². The molecule has 0 saturated carbocycles. The minimum absolute atomic E-state index is 0.340. The molecule has 0 unspecified atom stereocenters. The SMILES string of the molecule is COc1cc(C#N)cc(OCc2ccc(OC)c(N)c2)c1. The molecule has 108 valence electrons. The molecule has 2 rings (SSSR count). The number of hydrogen-bond donors (Lipinski definition) is 1. The van der Waals surface area contributed by atoms with E-state index in [0.717, 1.165) is 5.56 Å². The Morgan fingerprint density at radius 1 is 1.05 bits per heavy atom. The lowest BCUT2D eigenvalue weighted by molar-refractivity contribution is 0.303. The third kappa shape index (κ3) is 3.57. The molecule has 0 fully saturated rings. The summed E-state index contributed by atoms with van der Waals surface area (Å²) < 4.78 is 15.9. The molecule has 0 amide bonds. The lowest BCUT2D eigenvalue weighted by atomic mass is 10.2. The summed E-state index contributed by atoms with van der Waals surface area (Å²) in [5.74, 6) is 1.78. The first kappa shape index (κ1) is 14.5. The second-order valence-corrected chi connectivity index (χ2v) is 4.37. The van der Waals surface area contributed by atoms with Gasteiger partial charge >= 0.3 is 0 Å². The van der Waals surface area contributed by atoms with Crippen molar-refractivity contribution in [1.82, 2.24) is 0 Å². The van der Waals surface area contributed by atoms with Crippen LogP contribution in [0.3, 0.4) is 0 Å². The van der Waals surface area contributed by atoms with Crippen molar-refractivity contribution in [3.05, 3.63) is 47.5 Å². The first-order chi connectivity index (χ1) is 10.2. The zero-order valence-electron chi connectivity index (χ0n) is 11.9. The molecule has 2 aromatic carbocycles. The van der Waals surface area contributed by atoms with Crippen LogP contribution in [0.25, 0.3) is 0 Å². The molecule has 0 saturated heterocycles. The van der Waals surface area contributed by atoms with E-state index in [2.05, 4.69) is 6.07 Å². The van der Waals surface area contributed by atoms with Gasteiger partial charge in [0.2, 0.25) is 0 Å². The number of benzene rings is 2. The van der Waals surface area contributed by atoms with Crippen molar-refractivity contribution < 1.29 is 14.2 Å². The van der Waals surface area contributed by atoms with Crippen LogP contribution in [0.5, 0.6) is 17.2 Å². The number of nitriles is 1. The molecule has 0 aliphatic carbocycles. The van der Waals surface area contributed by atoms with Gasteiger partial charge in [-0.25, -0.2) is 0 Å². The van der Waals surface area contributed by atoms with Gasteiger partial charge in [-0.2, -0.15) is 5.26 Å². The van der Waals surface area contributed by atoms with Crippen LogP contribution in [-0.2, 0) is 6.61 Å². The quantitative estimate of drug-likeness (QED) is 0.854. The minimum Gasteiger partial charge on any atom is -0.497 e. The molecule has 0 bridgehead atoms. The first-order valence-electron chi connectivity index (χ1n) is 6.30. The van der Waals surface area contributed by atoms with Gasteiger partial charge in [0.25, 0.3) is 0 Å². The topological polar surface area (TPSA) is 77.5 Å². The van der Waals surface area contributed by atoms with Gasteiger partial charge in [0.15, 0.2) is 0 Å². The predicted octanol–water partition coefficient (Wildman–Crippen LogP) is 2.74. The van der Waals surface area contributed by atoms with Crippen molar-refractivity contribution in [2.75, 3.05) is 20.0 Å². The molecule has 0 aliphatic rings. The van der Waals surface area contributed by atoms with Crippen molar-refractivity contribution in [2.45, 2.75) is 6.61 Å². The van der Waals surface area contributed by atoms with Crippen molar-refractivity contribution >= 4 is 5.69 Å². The molecular formula is C16H16N2O3. The smallest absolute Gasteiger partial charge is 0.141 e. The Morgan fingerprint density at radius 3 is 2.43 bits per heavy atom. The van der Waals surface area contributed by atoms with E-state index in [1.54, 1.807) is 44.6 Å². The van der Waals surface area contributed by atoms with Gasteiger partial charge in [-0.05, 0) is 29.8 Å². The fourth-order valence-electron chi connectivity index (χ4n) is 1.88. The highest BCUT2D eigenvalue weighted by molar-refractivity contribution is 5.54. The van der Waals surface area contributed by atoms with Crippen LogP contribution in [0, 0.1) is 11.3 Å². The van der Waals surface area contributed by atoms with Crippen molar-refractivity contribution in [3.63, 3.8) is 0 Å². The molecule has 21 heavy (non-hydrogen) atoms.